The molecule has 2 heterocycles. The summed E-state index contributed by atoms with van der Waals surface area (Å²) >= 11 is 0. The van der Waals surface area contributed by atoms with Crippen LogP contribution < -0.4 is 4.90 Å². The minimum absolute atomic E-state index is 0.131. The second-order valence-electron chi connectivity index (χ2n) is 6.45. The van der Waals surface area contributed by atoms with Crippen LogP contribution in [0.3, 0.4) is 0 Å². The molecule has 2 aliphatic rings. The lowest BCUT2D eigenvalue weighted by Gasteiger charge is -2.26. The molecule has 2 saturated heterocycles. The number of carbonyl (C=O) groups is 1. The average Bonchev–Trinajstić information content (AvgIpc) is 3.54. The van der Waals surface area contributed by atoms with E-state index in [4.69, 9.17) is 9.47 Å². The zero-order valence-corrected chi connectivity index (χ0v) is 14.1. The first-order chi connectivity index (χ1) is 12.3. The van der Waals surface area contributed by atoms with Gasteiger partial charge in [-0.1, -0.05) is 43.0 Å². The number of rotatable bonds is 7. The van der Waals surface area contributed by atoms with Gasteiger partial charge in [0.2, 0.25) is 0 Å². The lowest BCUT2D eigenvalue weighted by molar-refractivity contribution is -0.113. The third kappa shape index (κ3) is 3.65. The van der Waals surface area contributed by atoms with Gasteiger partial charge in [0.15, 0.2) is 0 Å². The van der Waals surface area contributed by atoms with Gasteiger partial charge in [0.1, 0.15) is 0 Å². The quantitative estimate of drug-likeness (QED) is 0.575. The molecule has 128 valence electrons. The fourth-order valence-electron chi connectivity index (χ4n) is 3.12. The highest BCUT2D eigenvalue weighted by molar-refractivity contribution is 6.07. The molecular weight excluding hydrogens is 314 g/mol. The molecule has 0 aromatic heterocycles. The van der Waals surface area contributed by atoms with Crippen molar-refractivity contribution in [3.63, 3.8) is 0 Å². The van der Waals surface area contributed by atoms with Gasteiger partial charge >= 0.3 is 0 Å². The molecule has 2 aromatic carbocycles. The topological polar surface area (TPSA) is 45.4 Å². The SMILES string of the molecule is C=CC(=O)N(c1ccccc1CC1CO1)c1ccccc1CC1CO1. The number of anilines is 2. The molecule has 0 bridgehead atoms. The van der Waals surface area contributed by atoms with Crippen LogP contribution >= 0.6 is 0 Å². The van der Waals surface area contributed by atoms with Gasteiger partial charge in [-0.2, -0.15) is 0 Å². The number of para-hydroxylation sites is 2. The van der Waals surface area contributed by atoms with Crippen molar-refractivity contribution in [3.05, 3.63) is 72.3 Å². The highest BCUT2D eigenvalue weighted by Gasteiger charge is 2.29. The molecule has 2 atom stereocenters. The largest absolute Gasteiger partial charge is 0.373 e. The first kappa shape index (κ1) is 16.1. The summed E-state index contributed by atoms with van der Waals surface area (Å²) in [6.07, 6.45) is 3.51. The van der Waals surface area contributed by atoms with Crippen LogP contribution in [-0.4, -0.2) is 31.3 Å². The summed E-state index contributed by atoms with van der Waals surface area (Å²) in [4.78, 5) is 14.5. The Morgan fingerprint density at radius 3 is 1.80 bits per heavy atom. The molecule has 25 heavy (non-hydrogen) atoms. The zero-order chi connectivity index (χ0) is 17.2. The van der Waals surface area contributed by atoms with E-state index in [1.807, 2.05) is 36.4 Å². The number of hydrogen-bond acceptors (Lipinski definition) is 3. The summed E-state index contributed by atoms with van der Waals surface area (Å²) in [7, 11) is 0. The van der Waals surface area contributed by atoms with Crippen molar-refractivity contribution >= 4 is 17.3 Å². The maximum atomic E-state index is 12.8. The summed E-state index contributed by atoms with van der Waals surface area (Å²) in [6.45, 7) is 5.28. The van der Waals surface area contributed by atoms with Crippen molar-refractivity contribution in [1.29, 1.82) is 0 Å². The second-order valence-corrected chi connectivity index (χ2v) is 6.45. The van der Waals surface area contributed by atoms with Crippen LogP contribution in [-0.2, 0) is 27.1 Å². The third-order valence-corrected chi connectivity index (χ3v) is 4.56. The van der Waals surface area contributed by atoms with Crippen molar-refractivity contribution < 1.29 is 14.3 Å². The van der Waals surface area contributed by atoms with E-state index < -0.39 is 0 Å². The van der Waals surface area contributed by atoms with Crippen molar-refractivity contribution in [2.45, 2.75) is 25.0 Å². The van der Waals surface area contributed by atoms with Crippen LogP contribution in [0.2, 0.25) is 0 Å². The summed E-state index contributed by atoms with van der Waals surface area (Å²) < 4.78 is 10.8. The van der Waals surface area contributed by atoms with E-state index >= 15 is 0 Å². The Morgan fingerprint density at radius 1 is 0.960 bits per heavy atom. The van der Waals surface area contributed by atoms with E-state index in [-0.39, 0.29) is 18.1 Å². The molecule has 4 nitrogen and oxygen atoms in total. The highest BCUT2D eigenvalue weighted by atomic mass is 16.6. The lowest BCUT2D eigenvalue weighted by Crippen LogP contribution is -2.26. The van der Waals surface area contributed by atoms with E-state index in [9.17, 15) is 4.79 Å². The van der Waals surface area contributed by atoms with E-state index in [0.29, 0.717) is 0 Å². The van der Waals surface area contributed by atoms with Crippen molar-refractivity contribution in [3.8, 4) is 0 Å². The Bertz CT molecular complexity index is 736. The minimum atomic E-state index is -0.131. The van der Waals surface area contributed by atoms with E-state index in [1.54, 1.807) is 4.90 Å². The normalized spacial score (nSPS) is 20.8. The smallest absolute Gasteiger partial charge is 0.254 e. The molecule has 0 radical (unpaired) electrons. The number of nitrogens with zero attached hydrogens (tertiary/aromatic N) is 1. The van der Waals surface area contributed by atoms with Crippen LogP contribution in [0.25, 0.3) is 0 Å². The van der Waals surface area contributed by atoms with Crippen LogP contribution in [0.5, 0.6) is 0 Å². The predicted molar refractivity (Wildman–Crippen MR) is 97.1 cm³/mol. The highest BCUT2D eigenvalue weighted by Crippen LogP contribution is 2.35. The molecule has 4 rings (SSSR count). The van der Waals surface area contributed by atoms with Gasteiger partial charge in [-0.3, -0.25) is 9.69 Å². The summed E-state index contributed by atoms with van der Waals surface area (Å²) in [5, 5.41) is 0. The Balaban J connectivity index is 1.77. The van der Waals surface area contributed by atoms with E-state index in [1.165, 1.54) is 6.08 Å². The molecule has 0 N–H and O–H groups in total. The molecule has 2 fully saturated rings. The average molecular weight is 335 g/mol. The van der Waals surface area contributed by atoms with Gasteiger partial charge in [0.05, 0.1) is 36.8 Å². The van der Waals surface area contributed by atoms with E-state index in [0.717, 1.165) is 48.6 Å². The first-order valence-corrected chi connectivity index (χ1v) is 8.62. The molecule has 2 aliphatic heterocycles. The molecule has 0 saturated carbocycles. The van der Waals surface area contributed by atoms with Gasteiger partial charge in [0.25, 0.3) is 5.91 Å². The van der Waals surface area contributed by atoms with Crippen LogP contribution in [0.1, 0.15) is 11.1 Å². The Morgan fingerprint density at radius 2 is 1.40 bits per heavy atom. The monoisotopic (exact) mass is 335 g/mol. The molecule has 2 aromatic rings. The number of epoxide rings is 2. The Hall–Kier alpha value is -2.43. The van der Waals surface area contributed by atoms with Gasteiger partial charge in [0, 0.05) is 12.8 Å². The zero-order valence-electron chi connectivity index (χ0n) is 14.1. The summed E-state index contributed by atoms with van der Waals surface area (Å²) in [5.74, 6) is -0.131. The van der Waals surface area contributed by atoms with Gasteiger partial charge in [-0.15, -0.1) is 0 Å². The molecule has 0 aliphatic carbocycles. The predicted octanol–water partition coefficient (Wildman–Crippen LogP) is 3.42. The third-order valence-electron chi connectivity index (χ3n) is 4.56. The fourth-order valence-corrected chi connectivity index (χ4v) is 3.12. The Kier molecular flexibility index (Phi) is 4.38. The van der Waals surface area contributed by atoms with Gasteiger partial charge in [-0.25, -0.2) is 0 Å². The fraction of sp³-hybridized carbons (Fsp3) is 0.286. The number of carbonyl (C=O) groups excluding carboxylic acids is 1. The minimum Gasteiger partial charge on any atom is -0.373 e. The maximum Gasteiger partial charge on any atom is 0.254 e. The van der Waals surface area contributed by atoms with Gasteiger partial charge < -0.3 is 9.47 Å². The van der Waals surface area contributed by atoms with Crippen molar-refractivity contribution in [1.82, 2.24) is 0 Å². The molecule has 0 spiro atoms. The lowest BCUT2D eigenvalue weighted by atomic mass is 10.0. The number of benzene rings is 2. The van der Waals surface area contributed by atoms with Crippen molar-refractivity contribution in [2.75, 3.05) is 18.1 Å². The van der Waals surface area contributed by atoms with E-state index in [2.05, 4.69) is 18.7 Å². The standard InChI is InChI=1S/C21H21NO3/c1-2-21(23)22(19-9-5-3-7-15(19)11-17-13-24-17)20-10-6-4-8-16(20)12-18-14-25-18/h2-10,17-18H,1,11-14H2. The molecule has 2 unspecified atom stereocenters. The van der Waals surface area contributed by atoms with Gasteiger partial charge in [-0.05, 0) is 29.3 Å². The summed E-state index contributed by atoms with van der Waals surface area (Å²) in [5.41, 5.74) is 4.01. The molecule has 1 amide bonds. The van der Waals surface area contributed by atoms with Crippen molar-refractivity contribution in [2.24, 2.45) is 0 Å². The number of hydrogen-bond donors (Lipinski definition) is 0. The van der Waals surface area contributed by atoms with Crippen LogP contribution in [0.4, 0.5) is 11.4 Å². The number of amides is 1. The second kappa shape index (κ2) is 6.82. The first-order valence-electron chi connectivity index (χ1n) is 8.62. The Labute approximate surface area is 147 Å². The van der Waals surface area contributed by atoms with Crippen LogP contribution in [0.15, 0.2) is 61.2 Å². The molecule has 4 heteroatoms. The summed E-state index contributed by atoms with van der Waals surface area (Å²) in [6, 6.07) is 16.0. The molecular formula is C21H21NO3. The number of ether oxygens (including phenoxy) is 2. The van der Waals surface area contributed by atoms with Crippen LogP contribution in [0, 0.1) is 0 Å². The maximum absolute atomic E-state index is 12.8.